The van der Waals surface area contributed by atoms with Gasteiger partial charge in [0.15, 0.2) is 15.6 Å². The maximum atomic E-state index is 12.6. The Hall–Kier alpha value is -1.71. The van der Waals surface area contributed by atoms with Crippen molar-refractivity contribution in [1.29, 1.82) is 0 Å². The van der Waals surface area contributed by atoms with Gasteiger partial charge in [-0.3, -0.25) is 0 Å². The van der Waals surface area contributed by atoms with Gasteiger partial charge in [0, 0.05) is 12.3 Å². The zero-order chi connectivity index (χ0) is 18.1. The van der Waals surface area contributed by atoms with E-state index in [0.29, 0.717) is 17.7 Å². The zero-order valence-corrected chi connectivity index (χ0v) is 15.5. The lowest BCUT2D eigenvalue weighted by Gasteiger charge is -2.17. The molecule has 0 spiro atoms. The van der Waals surface area contributed by atoms with Crippen molar-refractivity contribution in [2.24, 2.45) is 0 Å². The summed E-state index contributed by atoms with van der Waals surface area (Å²) in [7, 11) is -7.09. The molecule has 0 aliphatic heterocycles. The Morgan fingerprint density at radius 2 is 1.71 bits per heavy atom. The predicted octanol–water partition coefficient (Wildman–Crippen LogP) is 2.12. The highest BCUT2D eigenvalue weighted by molar-refractivity contribution is 7.90. The highest BCUT2D eigenvalue weighted by atomic mass is 32.2. The van der Waals surface area contributed by atoms with Crippen molar-refractivity contribution in [1.82, 2.24) is 9.88 Å². The largest absolute Gasteiger partial charge is 0.360 e. The fraction of sp³-hybridized carbons (Fsp3) is 0.400. The molecule has 0 amide bonds. The SMILES string of the molecule is CCC(NS(=O)(=O)c1c(C)noc1C)c1ccc(S(C)(=O)=O)cc1. The minimum absolute atomic E-state index is 0.0358. The second kappa shape index (κ2) is 6.66. The highest BCUT2D eigenvalue weighted by Gasteiger charge is 2.27. The minimum atomic E-state index is -3.80. The van der Waals surface area contributed by atoms with Crippen molar-refractivity contribution in [3.63, 3.8) is 0 Å². The van der Waals surface area contributed by atoms with E-state index in [2.05, 4.69) is 9.88 Å². The van der Waals surface area contributed by atoms with Crippen LogP contribution in [0.3, 0.4) is 0 Å². The van der Waals surface area contributed by atoms with E-state index in [0.717, 1.165) is 6.26 Å². The third-order valence-electron chi connectivity index (χ3n) is 3.65. The van der Waals surface area contributed by atoms with E-state index < -0.39 is 25.9 Å². The number of hydrogen-bond donors (Lipinski definition) is 1. The van der Waals surface area contributed by atoms with Crippen LogP contribution in [-0.2, 0) is 19.9 Å². The Bertz CT molecular complexity index is 909. The molecular weight excluding hydrogens is 352 g/mol. The third kappa shape index (κ3) is 3.85. The first-order chi connectivity index (χ1) is 11.1. The summed E-state index contributed by atoms with van der Waals surface area (Å²) in [5.41, 5.74) is 0.975. The highest BCUT2D eigenvalue weighted by Crippen LogP contribution is 2.24. The van der Waals surface area contributed by atoms with Crippen LogP contribution in [0.5, 0.6) is 0 Å². The fourth-order valence-corrected chi connectivity index (χ4v) is 4.71. The van der Waals surface area contributed by atoms with Crippen LogP contribution in [0.15, 0.2) is 38.6 Å². The molecule has 1 atom stereocenters. The number of sulfonamides is 1. The smallest absolute Gasteiger partial charge is 0.246 e. The molecule has 24 heavy (non-hydrogen) atoms. The molecule has 1 aromatic carbocycles. The van der Waals surface area contributed by atoms with Crippen LogP contribution in [0.25, 0.3) is 0 Å². The van der Waals surface area contributed by atoms with Gasteiger partial charge in [0.05, 0.1) is 4.90 Å². The number of nitrogens with one attached hydrogen (secondary N) is 1. The summed E-state index contributed by atoms with van der Waals surface area (Å²) in [6.07, 6.45) is 1.63. The van der Waals surface area contributed by atoms with Crippen LogP contribution in [-0.4, -0.2) is 28.2 Å². The first kappa shape index (κ1) is 18.6. The van der Waals surface area contributed by atoms with E-state index in [1.165, 1.54) is 19.1 Å². The summed E-state index contributed by atoms with van der Waals surface area (Å²) in [6, 6.07) is 5.67. The van der Waals surface area contributed by atoms with Gasteiger partial charge in [-0.15, -0.1) is 0 Å². The number of aryl methyl sites for hydroxylation is 2. The van der Waals surface area contributed by atoms with Crippen LogP contribution >= 0.6 is 0 Å². The normalized spacial score (nSPS) is 13.8. The van der Waals surface area contributed by atoms with Gasteiger partial charge in [-0.25, -0.2) is 21.6 Å². The van der Waals surface area contributed by atoms with Gasteiger partial charge in [-0.2, -0.15) is 0 Å². The van der Waals surface area contributed by atoms with Crippen LogP contribution in [0.4, 0.5) is 0 Å². The standard InChI is InChI=1S/C15H20N2O5S2/c1-5-14(12-6-8-13(9-7-12)23(4,18)19)17-24(20,21)15-10(2)16-22-11(15)3/h6-9,14,17H,5H2,1-4H3. The van der Waals surface area contributed by atoms with Gasteiger partial charge in [-0.1, -0.05) is 24.2 Å². The fourth-order valence-electron chi connectivity index (χ4n) is 2.44. The second-order valence-corrected chi connectivity index (χ2v) is 9.24. The van der Waals surface area contributed by atoms with Crippen molar-refractivity contribution < 1.29 is 21.4 Å². The molecule has 1 aromatic heterocycles. The minimum Gasteiger partial charge on any atom is -0.360 e. The molecular formula is C15H20N2O5S2. The molecule has 1 N–H and O–H groups in total. The van der Waals surface area contributed by atoms with Crippen LogP contribution < -0.4 is 4.72 Å². The maximum Gasteiger partial charge on any atom is 0.246 e. The monoisotopic (exact) mass is 372 g/mol. The van der Waals surface area contributed by atoms with E-state index in [9.17, 15) is 16.8 Å². The molecule has 2 aromatic rings. The second-order valence-electron chi connectivity index (χ2n) is 5.58. The molecule has 1 unspecified atom stereocenters. The molecule has 132 valence electrons. The van der Waals surface area contributed by atoms with Crippen molar-refractivity contribution in [2.75, 3.05) is 6.26 Å². The molecule has 2 rings (SSSR count). The van der Waals surface area contributed by atoms with E-state index in [1.54, 1.807) is 19.1 Å². The number of hydrogen-bond acceptors (Lipinski definition) is 6. The Morgan fingerprint density at radius 1 is 1.12 bits per heavy atom. The first-order valence-corrected chi connectivity index (χ1v) is 10.7. The Labute approximate surface area is 142 Å². The van der Waals surface area contributed by atoms with Gasteiger partial charge in [-0.05, 0) is 38.0 Å². The summed E-state index contributed by atoms with van der Waals surface area (Å²) in [6.45, 7) is 4.94. The number of nitrogens with zero attached hydrogens (tertiary/aromatic N) is 1. The van der Waals surface area contributed by atoms with E-state index >= 15 is 0 Å². The lowest BCUT2D eigenvalue weighted by molar-refractivity contribution is 0.390. The molecule has 0 aliphatic carbocycles. The molecule has 7 nitrogen and oxygen atoms in total. The van der Waals surface area contributed by atoms with Gasteiger partial charge >= 0.3 is 0 Å². The lowest BCUT2D eigenvalue weighted by Crippen LogP contribution is -2.29. The van der Waals surface area contributed by atoms with Crippen molar-refractivity contribution in [3.8, 4) is 0 Å². The number of benzene rings is 1. The summed E-state index contributed by atoms with van der Waals surface area (Å²) in [5.74, 6) is 0.224. The van der Waals surface area contributed by atoms with E-state index in [-0.39, 0.29) is 15.6 Å². The average Bonchev–Trinajstić information content (AvgIpc) is 2.84. The van der Waals surface area contributed by atoms with Gasteiger partial charge < -0.3 is 4.52 Å². The third-order valence-corrected chi connectivity index (χ3v) is 6.50. The summed E-state index contributed by atoms with van der Waals surface area (Å²) >= 11 is 0. The molecule has 0 fully saturated rings. The van der Waals surface area contributed by atoms with Crippen molar-refractivity contribution in [2.45, 2.75) is 43.0 Å². The first-order valence-electron chi connectivity index (χ1n) is 7.31. The topological polar surface area (TPSA) is 106 Å². The average molecular weight is 372 g/mol. The number of rotatable bonds is 6. The van der Waals surface area contributed by atoms with Crippen LogP contribution in [0.1, 0.15) is 36.4 Å². The van der Waals surface area contributed by atoms with Gasteiger partial charge in [0.2, 0.25) is 10.0 Å². The summed E-state index contributed by atoms with van der Waals surface area (Å²) in [4.78, 5) is 0.225. The zero-order valence-electron chi connectivity index (χ0n) is 13.9. The predicted molar refractivity (Wildman–Crippen MR) is 88.9 cm³/mol. The Morgan fingerprint density at radius 3 is 2.12 bits per heavy atom. The molecule has 9 heteroatoms. The van der Waals surface area contributed by atoms with Crippen molar-refractivity contribution in [3.05, 3.63) is 41.3 Å². The molecule has 0 radical (unpaired) electrons. The van der Waals surface area contributed by atoms with E-state index in [1.807, 2.05) is 6.92 Å². The van der Waals surface area contributed by atoms with Gasteiger partial charge in [0.25, 0.3) is 0 Å². The molecule has 1 heterocycles. The summed E-state index contributed by atoms with van der Waals surface area (Å²) in [5, 5.41) is 3.67. The van der Waals surface area contributed by atoms with Crippen LogP contribution in [0.2, 0.25) is 0 Å². The lowest BCUT2D eigenvalue weighted by atomic mass is 10.1. The Kier molecular flexibility index (Phi) is 5.17. The maximum absolute atomic E-state index is 12.6. The quantitative estimate of drug-likeness (QED) is 0.832. The number of sulfone groups is 1. The molecule has 0 aliphatic rings. The molecule has 0 saturated carbocycles. The van der Waals surface area contributed by atoms with Gasteiger partial charge in [0.1, 0.15) is 10.6 Å². The summed E-state index contributed by atoms with van der Waals surface area (Å²) < 4.78 is 55.8. The van der Waals surface area contributed by atoms with Crippen LogP contribution in [0, 0.1) is 13.8 Å². The molecule has 0 saturated heterocycles. The molecule has 0 bridgehead atoms. The van der Waals surface area contributed by atoms with E-state index in [4.69, 9.17) is 4.52 Å². The Balaban J connectivity index is 2.33. The van der Waals surface area contributed by atoms with Crippen molar-refractivity contribution >= 4 is 19.9 Å². The number of aromatic nitrogens is 1.